The van der Waals surface area contributed by atoms with E-state index in [4.69, 9.17) is 0 Å². The van der Waals surface area contributed by atoms with Gasteiger partial charge in [-0.2, -0.15) is 5.26 Å². The molecule has 0 spiro atoms. The van der Waals surface area contributed by atoms with Gasteiger partial charge in [0.05, 0.1) is 11.3 Å². The van der Waals surface area contributed by atoms with Crippen LogP contribution >= 0.6 is 0 Å². The molecule has 41 heavy (non-hydrogen) atoms. The van der Waals surface area contributed by atoms with Crippen LogP contribution in [0, 0.1) is 11.3 Å². The maximum Gasteiger partial charge on any atom is 0.252 e. The number of anilines is 6. The molecule has 2 aliphatic rings. The first-order valence-corrected chi connectivity index (χ1v) is 13.9. The van der Waals surface area contributed by atoms with Crippen LogP contribution in [0.1, 0.15) is 5.56 Å². The van der Waals surface area contributed by atoms with Crippen molar-refractivity contribution in [3.05, 3.63) is 151 Å². The van der Waals surface area contributed by atoms with Crippen LogP contribution in [-0.4, -0.2) is 6.71 Å². The van der Waals surface area contributed by atoms with Crippen molar-refractivity contribution >= 4 is 57.2 Å². The Hall–Kier alpha value is -5.53. The summed E-state index contributed by atoms with van der Waals surface area (Å²) in [5.41, 5.74) is 13.2. The molecule has 0 atom stereocenters. The lowest BCUT2D eigenvalue weighted by molar-refractivity contribution is 1.25. The van der Waals surface area contributed by atoms with Gasteiger partial charge >= 0.3 is 0 Å². The molecular weight excluding hydrogens is 497 g/mol. The molecule has 8 rings (SSSR count). The lowest BCUT2D eigenvalue weighted by Crippen LogP contribution is -2.61. The molecule has 0 saturated carbocycles. The normalized spacial score (nSPS) is 12.7. The Kier molecular flexibility index (Phi) is 5.30. The number of hydrogen-bond donors (Lipinski definition) is 0. The maximum atomic E-state index is 10.3. The molecule has 3 nitrogen and oxygen atoms in total. The lowest BCUT2D eigenvalue weighted by Gasteiger charge is -2.44. The largest absolute Gasteiger partial charge is 0.311 e. The quantitative estimate of drug-likeness (QED) is 0.229. The van der Waals surface area contributed by atoms with E-state index in [1.807, 2.05) is 18.2 Å². The van der Waals surface area contributed by atoms with E-state index < -0.39 is 0 Å². The molecule has 0 saturated heterocycles. The van der Waals surface area contributed by atoms with E-state index in [1.165, 1.54) is 22.1 Å². The summed E-state index contributed by atoms with van der Waals surface area (Å²) in [7, 11) is 0. The Morgan fingerprint density at radius 3 is 1.71 bits per heavy atom. The molecule has 6 aromatic carbocycles. The van der Waals surface area contributed by atoms with Gasteiger partial charge in [0, 0.05) is 28.4 Å². The third-order valence-electron chi connectivity index (χ3n) is 8.29. The first-order valence-electron chi connectivity index (χ1n) is 13.9. The van der Waals surface area contributed by atoms with E-state index in [-0.39, 0.29) is 6.71 Å². The highest BCUT2D eigenvalue weighted by Gasteiger charge is 2.43. The summed E-state index contributed by atoms with van der Waals surface area (Å²) < 4.78 is 0. The maximum absolute atomic E-state index is 10.3. The molecule has 6 aromatic rings. The van der Waals surface area contributed by atoms with E-state index in [9.17, 15) is 5.26 Å². The Bertz CT molecular complexity index is 1980. The number of fused-ring (bicyclic) bond motifs is 4. The Balaban J connectivity index is 1.43. The van der Waals surface area contributed by atoms with Gasteiger partial charge in [0.2, 0.25) is 0 Å². The summed E-state index contributed by atoms with van der Waals surface area (Å²) in [4.78, 5) is 4.68. The summed E-state index contributed by atoms with van der Waals surface area (Å²) in [6.07, 6.45) is 0. The van der Waals surface area contributed by atoms with Gasteiger partial charge in [0.1, 0.15) is 6.07 Å². The Morgan fingerprint density at radius 1 is 0.463 bits per heavy atom. The predicted molar refractivity (Wildman–Crippen MR) is 171 cm³/mol. The zero-order valence-corrected chi connectivity index (χ0v) is 22.3. The number of benzene rings is 6. The average Bonchev–Trinajstić information content (AvgIpc) is 3.05. The zero-order chi connectivity index (χ0) is 27.3. The molecule has 0 amide bonds. The van der Waals surface area contributed by atoms with Gasteiger partial charge in [-0.25, -0.2) is 0 Å². The number of nitrogens with zero attached hydrogens (tertiary/aromatic N) is 3. The van der Waals surface area contributed by atoms with Crippen LogP contribution in [0.25, 0.3) is 11.1 Å². The van der Waals surface area contributed by atoms with Crippen LogP contribution in [0.5, 0.6) is 0 Å². The van der Waals surface area contributed by atoms with Gasteiger partial charge in [0.15, 0.2) is 0 Å². The zero-order valence-electron chi connectivity index (χ0n) is 22.3. The van der Waals surface area contributed by atoms with Gasteiger partial charge in [0.25, 0.3) is 6.71 Å². The van der Waals surface area contributed by atoms with Crippen LogP contribution < -0.4 is 26.2 Å². The molecular formula is C37H24BN3. The fourth-order valence-corrected chi connectivity index (χ4v) is 6.57. The fourth-order valence-electron chi connectivity index (χ4n) is 6.57. The SMILES string of the molecule is N#Cc1ccc(-c2ccccc2)cc1N1c2ccccc2B2c3ccccc3N(c3ccccc3)c3cccc1c32. The first-order chi connectivity index (χ1) is 20.3. The van der Waals surface area contributed by atoms with Crippen molar-refractivity contribution in [2.45, 2.75) is 0 Å². The van der Waals surface area contributed by atoms with Crippen LogP contribution in [0.15, 0.2) is 146 Å². The molecule has 2 heterocycles. The third kappa shape index (κ3) is 3.53. The molecule has 0 N–H and O–H groups in total. The van der Waals surface area contributed by atoms with Crippen molar-refractivity contribution in [2.24, 2.45) is 0 Å². The molecule has 0 unspecified atom stereocenters. The Morgan fingerprint density at radius 2 is 1.02 bits per heavy atom. The minimum absolute atomic E-state index is 0.0765. The summed E-state index contributed by atoms with van der Waals surface area (Å²) in [5.74, 6) is 0. The van der Waals surface area contributed by atoms with Crippen LogP contribution in [0.3, 0.4) is 0 Å². The third-order valence-corrected chi connectivity index (χ3v) is 8.29. The molecule has 0 radical (unpaired) electrons. The van der Waals surface area contributed by atoms with Crippen molar-refractivity contribution in [2.75, 3.05) is 9.80 Å². The summed E-state index contributed by atoms with van der Waals surface area (Å²) in [5, 5.41) is 10.3. The molecule has 0 aromatic heterocycles. The van der Waals surface area contributed by atoms with Crippen LogP contribution in [-0.2, 0) is 0 Å². The highest BCUT2D eigenvalue weighted by atomic mass is 15.2. The summed E-state index contributed by atoms with van der Waals surface area (Å²) in [6.45, 7) is 0.0765. The molecule has 0 fully saturated rings. The standard InChI is InChI=1S/C37H24BN3/c39-25-28-23-22-27(26-12-3-1-4-13-26)24-36(28)41-33-19-10-8-17-31(33)38-30-16-7-9-18-32(30)40(29-14-5-2-6-15-29)34-20-11-21-35(41)37(34)38/h1-24H. The van der Waals surface area contributed by atoms with Gasteiger partial charge in [-0.05, 0) is 76.0 Å². The number of rotatable bonds is 3. The van der Waals surface area contributed by atoms with Gasteiger partial charge in [-0.3, -0.25) is 0 Å². The molecule has 0 aliphatic carbocycles. The fraction of sp³-hybridized carbons (Fsp3) is 0. The van der Waals surface area contributed by atoms with Crippen molar-refractivity contribution in [1.82, 2.24) is 0 Å². The first kappa shape index (κ1) is 23.4. The molecule has 2 aliphatic heterocycles. The van der Waals surface area contributed by atoms with E-state index >= 15 is 0 Å². The van der Waals surface area contributed by atoms with E-state index in [1.54, 1.807) is 0 Å². The molecule has 190 valence electrons. The van der Waals surface area contributed by atoms with Crippen molar-refractivity contribution < 1.29 is 0 Å². The summed E-state index contributed by atoms with van der Waals surface area (Å²) in [6, 6.07) is 53.6. The van der Waals surface area contributed by atoms with Gasteiger partial charge in [-0.15, -0.1) is 0 Å². The van der Waals surface area contributed by atoms with Crippen molar-refractivity contribution in [1.29, 1.82) is 5.26 Å². The Labute approximate surface area is 240 Å². The summed E-state index contributed by atoms with van der Waals surface area (Å²) >= 11 is 0. The highest BCUT2D eigenvalue weighted by molar-refractivity contribution is 7.00. The van der Waals surface area contributed by atoms with Crippen LogP contribution in [0.2, 0.25) is 0 Å². The molecule has 0 bridgehead atoms. The van der Waals surface area contributed by atoms with E-state index in [0.717, 1.165) is 39.6 Å². The van der Waals surface area contributed by atoms with Crippen molar-refractivity contribution in [3.63, 3.8) is 0 Å². The monoisotopic (exact) mass is 521 g/mol. The second kappa shape index (κ2) is 9.29. The van der Waals surface area contributed by atoms with E-state index in [2.05, 4.69) is 143 Å². The smallest absolute Gasteiger partial charge is 0.252 e. The van der Waals surface area contributed by atoms with Gasteiger partial charge < -0.3 is 9.80 Å². The second-order valence-corrected chi connectivity index (χ2v) is 10.5. The number of nitriles is 1. The average molecular weight is 521 g/mol. The molecule has 4 heteroatoms. The van der Waals surface area contributed by atoms with Crippen molar-refractivity contribution in [3.8, 4) is 17.2 Å². The number of para-hydroxylation sites is 3. The van der Waals surface area contributed by atoms with E-state index in [0.29, 0.717) is 5.56 Å². The topological polar surface area (TPSA) is 30.3 Å². The predicted octanol–water partition coefficient (Wildman–Crippen LogP) is 7.31. The second-order valence-electron chi connectivity index (χ2n) is 10.5. The van der Waals surface area contributed by atoms with Crippen LogP contribution in [0.4, 0.5) is 34.1 Å². The highest BCUT2D eigenvalue weighted by Crippen LogP contribution is 2.44. The minimum Gasteiger partial charge on any atom is -0.311 e. The lowest BCUT2D eigenvalue weighted by atomic mass is 9.33. The van der Waals surface area contributed by atoms with Gasteiger partial charge in [-0.1, -0.05) is 97.1 Å². The minimum atomic E-state index is 0.0765. The number of hydrogen-bond acceptors (Lipinski definition) is 3.